The highest BCUT2D eigenvalue weighted by Gasteiger charge is 2.25. The number of benzene rings is 1. The molecular weight excluding hydrogens is 278 g/mol. The summed E-state index contributed by atoms with van der Waals surface area (Å²) in [5, 5.41) is 2.95. The van der Waals surface area contributed by atoms with Crippen molar-refractivity contribution in [2.45, 2.75) is 19.4 Å². The molecule has 22 heavy (non-hydrogen) atoms. The molecule has 0 aliphatic rings. The molecule has 0 saturated heterocycles. The van der Waals surface area contributed by atoms with Gasteiger partial charge in [0.2, 0.25) is 5.91 Å². The molecule has 0 radical (unpaired) electrons. The Morgan fingerprint density at radius 3 is 2.82 bits per heavy atom. The van der Waals surface area contributed by atoms with Gasteiger partial charge in [0.15, 0.2) is 0 Å². The molecule has 0 fully saturated rings. The second-order valence-corrected chi connectivity index (χ2v) is 5.36. The monoisotopic (exact) mass is 301 g/mol. The van der Waals surface area contributed by atoms with Crippen molar-refractivity contribution in [3.8, 4) is 0 Å². The molecule has 2 aromatic rings. The summed E-state index contributed by atoms with van der Waals surface area (Å²) in [6, 6.07) is 11.5. The summed E-state index contributed by atoms with van der Waals surface area (Å²) in [6.07, 6.45) is 2.30. The van der Waals surface area contributed by atoms with E-state index < -0.39 is 0 Å². The van der Waals surface area contributed by atoms with Gasteiger partial charge < -0.3 is 20.8 Å². The number of nitrogens with one attached hydrogen (secondary N) is 2. The number of amides is 1. The van der Waals surface area contributed by atoms with Crippen LogP contribution in [0, 0.1) is 5.92 Å². The van der Waals surface area contributed by atoms with Gasteiger partial charge in [-0.05, 0) is 36.2 Å². The number of rotatable bonds is 7. The van der Waals surface area contributed by atoms with Gasteiger partial charge in [-0.1, -0.05) is 19.1 Å². The summed E-state index contributed by atoms with van der Waals surface area (Å²) in [5.74, 6) is -0.296. The van der Waals surface area contributed by atoms with E-state index in [4.69, 9.17) is 10.5 Å². The van der Waals surface area contributed by atoms with E-state index in [0.29, 0.717) is 6.54 Å². The molecule has 0 aliphatic heterocycles. The lowest BCUT2D eigenvalue weighted by Crippen LogP contribution is -2.34. The summed E-state index contributed by atoms with van der Waals surface area (Å²) < 4.78 is 5.45. The maximum absolute atomic E-state index is 12.3. The Bertz CT molecular complexity index is 596. The summed E-state index contributed by atoms with van der Waals surface area (Å²) >= 11 is 0. The van der Waals surface area contributed by atoms with Crippen LogP contribution in [0.2, 0.25) is 0 Å². The summed E-state index contributed by atoms with van der Waals surface area (Å²) in [5.41, 5.74) is 8.50. The highest BCUT2D eigenvalue weighted by Crippen LogP contribution is 2.24. The van der Waals surface area contributed by atoms with E-state index in [0.717, 1.165) is 23.4 Å². The van der Waals surface area contributed by atoms with Crippen molar-refractivity contribution < 1.29 is 9.53 Å². The zero-order chi connectivity index (χ0) is 15.9. The van der Waals surface area contributed by atoms with Gasteiger partial charge in [0.05, 0.1) is 5.92 Å². The van der Waals surface area contributed by atoms with Gasteiger partial charge in [-0.15, -0.1) is 0 Å². The Labute approximate surface area is 130 Å². The SMILES string of the molecule is CO[C@@H](c1ccc[nH]1)[C@@H](C)C(=O)NCCc1cccc(N)c1. The van der Waals surface area contributed by atoms with Gasteiger partial charge in [-0.25, -0.2) is 0 Å². The molecule has 0 spiro atoms. The number of aromatic amines is 1. The van der Waals surface area contributed by atoms with Gasteiger partial charge in [-0.3, -0.25) is 4.79 Å². The lowest BCUT2D eigenvalue weighted by molar-refractivity contribution is -0.129. The molecule has 1 aromatic carbocycles. The number of hydrogen-bond acceptors (Lipinski definition) is 3. The third-order valence-electron chi connectivity index (χ3n) is 3.71. The number of hydrogen-bond donors (Lipinski definition) is 3. The molecule has 5 heteroatoms. The van der Waals surface area contributed by atoms with E-state index >= 15 is 0 Å². The molecule has 5 nitrogen and oxygen atoms in total. The van der Waals surface area contributed by atoms with Crippen LogP contribution in [0.1, 0.15) is 24.3 Å². The average Bonchev–Trinajstić information content (AvgIpc) is 3.02. The lowest BCUT2D eigenvalue weighted by atomic mass is 10.0. The highest BCUT2D eigenvalue weighted by molar-refractivity contribution is 5.79. The van der Waals surface area contributed by atoms with Crippen molar-refractivity contribution in [1.29, 1.82) is 0 Å². The zero-order valence-corrected chi connectivity index (χ0v) is 13.0. The predicted molar refractivity (Wildman–Crippen MR) is 87.3 cm³/mol. The first-order chi connectivity index (χ1) is 10.6. The molecule has 1 amide bonds. The summed E-state index contributed by atoms with van der Waals surface area (Å²) in [7, 11) is 1.61. The Morgan fingerprint density at radius 1 is 1.36 bits per heavy atom. The standard InChI is InChI=1S/C17H23N3O2/c1-12(16(22-2)15-7-4-9-19-15)17(21)20-10-8-13-5-3-6-14(18)11-13/h3-7,9,11-12,16,19H,8,10,18H2,1-2H3,(H,20,21)/t12-,16-/m1/s1. The minimum atomic E-state index is -0.276. The van der Waals surface area contributed by atoms with E-state index in [1.54, 1.807) is 7.11 Å². The first-order valence-electron chi connectivity index (χ1n) is 7.40. The number of H-pyrrole nitrogens is 1. The quantitative estimate of drug-likeness (QED) is 0.686. The number of nitrogen functional groups attached to an aromatic ring is 1. The third kappa shape index (κ3) is 4.11. The summed E-state index contributed by atoms with van der Waals surface area (Å²) in [6.45, 7) is 2.44. The molecule has 118 valence electrons. The Kier molecular flexibility index (Phi) is 5.61. The van der Waals surface area contributed by atoms with E-state index in [1.807, 2.05) is 49.5 Å². The molecule has 2 atom stereocenters. The normalized spacial score (nSPS) is 13.5. The molecule has 0 saturated carbocycles. The average molecular weight is 301 g/mol. The largest absolute Gasteiger partial charge is 0.399 e. The number of ether oxygens (including phenoxy) is 1. The summed E-state index contributed by atoms with van der Waals surface area (Å²) in [4.78, 5) is 15.4. The van der Waals surface area contributed by atoms with E-state index in [-0.39, 0.29) is 17.9 Å². The van der Waals surface area contributed by atoms with Crippen LogP contribution in [0.25, 0.3) is 0 Å². The number of carbonyl (C=O) groups is 1. The van der Waals surface area contributed by atoms with Crippen molar-refractivity contribution in [1.82, 2.24) is 10.3 Å². The van der Waals surface area contributed by atoms with Crippen molar-refractivity contribution in [3.63, 3.8) is 0 Å². The maximum Gasteiger partial charge on any atom is 0.225 e. The number of anilines is 1. The number of methoxy groups -OCH3 is 1. The van der Waals surface area contributed by atoms with Crippen molar-refractivity contribution in [3.05, 3.63) is 53.9 Å². The topological polar surface area (TPSA) is 80.1 Å². The predicted octanol–water partition coefficient (Wildman–Crippen LogP) is 2.28. The van der Waals surface area contributed by atoms with Crippen LogP contribution >= 0.6 is 0 Å². The van der Waals surface area contributed by atoms with Crippen LogP contribution in [0.3, 0.4) is 0 Å². The van der Waals surface area contributed by atoms with Gasteiger partial charge in [0, 0.05) is 31.2 Å². The Morgan fingerprint density at radius 2 is 2.18 bits per heavy atom. The van der Waals surface area contributed by atoms with E-state index in [1.165, 1.54) is 0 Å². The van der Waals surface area contributed by atoms with Crippen LogP contribution in [0.4, 0.5) is 5.69 Å². The lowest BCUT2D eigenvalue weighted by Gasteiger charge is -2.21. The first kappa shape index (κ1) is 16.1. The molecule has 1 aromatic heterocycles. The van der Waals surface area contributed by atoms with Crippen molar-refractivity contribution >= 4 is 11.6 Å². The molecular formula is C17H23N3O2. The smallest absolute Gasteiger partial charge is 0.225 e. The van der Waals surface area contributed by atoms with E-state index in [9.17, 15) is 4.79 Å². The van der Waals surface area contributed by atoms with Crippen LogP contribution in [-0.2, 0) is 16.0 Å². The molecule has 1 heterocycles. The van der Waals surface area contributed by atoms with Crippen LogP contribution < -0.4 is 11.1 Å². The van der Waals surface area contributed by atoms with Gasteiger partial charge in [0.1, 0.15) is 6.10 Å². The maximum atomic E-state index is 12.3. The van der Waals surface area contributed by atoms with Crippen LogP contribution in [-0.4, -0.2) is 24.5 Å². The molecule has 2 rings (SSSR count). The van der Waals surface area contributed by atoms with Crippen LogP contribution in [0.5, 0.6) is 0 Å². The molecule has 0 aliphatic carbocycles. The van der Waals surface area contributed by atoms with E-state index in [2.05, 4.69) is 10.3 Å². The minimum Gasteiger partial charge on any atom is -0.399 e. The van der Waals surface area contributed by atoms with Crippen molar-refractivity contribution in [2.24, 2.45) is 5.92 Å². The molecule has 0 bridgehead atoms. The van der Waals surface area contributed by atoms with Crippen molar-refractivity contribution in [2.75, 3.05) is 19.4 Å². The molecule has 4 N–H and O–H groups in total. The fourth-order valence-electron chi connectivity index (χ4n) is 2.50. The first-order valence-corrected chi connectivity index (χ1v) is 7.40. The second kappa shape index (κ2) is 7.66. The number of aromatic nitrogens is 1. The fraction of sp³-hybridized carbons (Fsp3) is 0.353. The van der Waals surface area contributed by atoms with Gasteiger partial charge in [-0.2, -0.15) is 0 Å². The number of nitrogens with two attached hydrogens (primary N) is 1. The Balaban J connectivity index is 1.86. The Hall–Kier alpha value is -2.27. The third-order valence-corrected chi connectivity index (χ3v) is 3.71. The second-order valence-electron chi connectivity index (χ2n) is 5.36. The van der Waals surface area contributed by atoms with Gasteiger partial charge >= 0.3 is 0 Å². The van der Waals surface area contributed by atoms with Crippen LogP contribution in [0.15, 0.2) is 42.6 Å². The van der Waals surface area contributed by atoms with Gasteiger partial charge in [0.25, 0.3) is 0 Å². The highest BCUT2D eigenvalue weighted by atomic mass is 16.5. The molecule has 0 unspecified atom stereocenters. The number of carbonyl (C=O) groups excluding carboxylic acids is 1. The zero-order valence-electron chi connectivity index (χ0n) is 13.0. The fourth-order valence-corrected chi connectivity index (χ4v) is 2.50. The minimum absolute atomic E-state index is 0.0228.